The van der Waals surface area contributed by atoms with E-state index in [-0.39, 0.29) is 22.7 Å². The molecule has 0 amide bonds. The summed E-state index contributed by atoms with van der Waals surface area (Å²) in [6.07, 6.45) is -3.86. The number of halogens is 4. The molecule has 2 rings (SSSR count). The summed E-state index contributed by atoms with van der Waals surface area (Å²) in [5.74, 6) is -2.11. The highest BCUT2D eigenvalue weighted by molar-refractivity contribution is 5.91. The van der Waals surface area contributed by atoms with Crippen LogP contribution in [0.15, 0.2) is 18.3 Å². The normalized spacial score (nSPS) is 11.7. The van der Waals surface area contributed by atoms with Crippen molar-refractivity contribution < 1.29 is 31.8 Å². The second kappa shape index (κ2) is 6.73. The summed E-state index contributed by atoms with van der Waals surface area (Å²) < 4.78 is 64.4. The summed E-state index contributed by atoms with van der Waals surface area (Å²) in [5, 5.41) is 0. The van der Waals surface area contributed by atoms with Crippen molar-refractivity contribution in [2.24, 2.45) is 0 Å². The molecule has 0 N–H and O–H groups in total. The zero-order chi connectivity index (χ0) is 18.9. The molecular formula is C16H16F4N2O3. The van der Waals surface area contributed by atoms with Gasteiger partial charge in [-0.2, -0.15) is 13.2 Å². The smallest absolute Gasteiger partial charge is 0.434 e. The lowest BCUT2D eigenvalue weighted by molar-refractivity contribution is -0.140. The first-order chi connectivity index (χ1) is 11.6. The van der Waals surface area contributed by atoms with Gasteiger partial charge in [-0.1, -0.05) is 0 Å². The van der Waals surface area contributed by atoms with Crippen LogP contribution in [-0.4, -0.2) is 29.7 Å². The van der Waals surface area contributed by atoms with Crippen LogP contribution >= 0.6 is 0 Å². The third-order valence-corrected chi connectivity index (χ3v) is 3.50. The molecule has 9 heteroatoms. The second-order valence-electron chi connectivity index (χ2n) is 5.48. The van der Waals surface area contributed by atoms with Crippen LogP contribution in [0.1, 0.15) is 35.9 Å². The van der Waals surface area contributed by atoms with Crippen LogP contribution in [0, 0.1) is 5.82 Å². The Morgan fingerprint density at radius 1 is 1.24 bits per heavy atom. The quantitative estimate of drug-likeness (QED) is 0.609. The summed E-state index contributed by atoms with van der Waals surface area (Å²) in [6, 6.07) is 1.65. The fourth-order valence-corrected chi connectivity index (χ4v) is 2.30. The minimum absolute atomic E-state index is 0.123. The zero-order valence-corrected chi connectivity index (χ0v) is 13.9. The number of alkyl halides is 3. The zero-order valence-electron chi connectivity index (χ0n) is 13.9. The SMILES string of the molecule is COC(=O)c1cc(F)c(-c2nc(C(F)(F)F)cn2C(C)C)c(OC)c1. The lowest BCUT2D eigenvalue weighted by Gasteiger charge is -2.15. The van der Waals surface area contributed by atoms with Crippen LogP contribution in [0.2, 0.25) is 0 Å². The maximum atomic E-state index is 14.6. The summed E-state index contributed by atoms with van der Waals surface area (Å²) in [7, 11) is 2.34. The monoisotopic (exact) mass is 360 g/mol. The second-order valence-corrected chi connectivity index (χ2v) is 5.48. The average Bonchev–Trinajstić information content (AvgIpc) is 2.98. The molecule has 0 aliphatic rings. The van der Waals surface area contributed by atoms with E-state index in [1.54, 1.807) is 13.8 Å². The molecule has 0 saturated carbocycles. The Labute approximate surface area is 141 Å². The van der Waals surface area contributed by atoms with Gasteiger partial charge >= 0.3 is 12.1 Å². The van der Waals surface area contributed by atoms with Gasteiger partial charge in [0.1, 0.15) is 17.4 Å². The minimum Gasteiger partial charge on any atom is -0.496 e. The highest BCUT2D eigenvalue weighted by Crippen LogP contribution is 2.37. The van der Waals surface area contributed by atoms with Gasteiger partial charge in [0.05, 0.1) is 25.3 Å². The maximum Gasteiger partial charge on any atom is 0.434 e. The number of nitrogens with zero attached hydrogens (tertiary/aromatic N) is 2. The van der Waals surface area contributed by atoms with Crippen molar-refractivity contribution in [3.63, 3.8) is 0 Å². The van der Waals surface area contributed by atoms with Crippen LogP contribution in [0.3, 0.4) is 0 Å². The number of benzene rings is 1. The number of methoxy groups -OCH3 is 2. The molecule has 0 bridgehead atoms. The number of rotatable bonds is 4. The van der Waals surface area contributed by atoms with Gasteiger partial charge in [0.25, 0.3) is 0 Å². The topological polar surface area (TPSA) is 53.3 Å². The molecule has 2 aromatic rings. The lowest BCUT2D eigenvalue weighted by atomic mass is 10.1. The van der Waals surface area contributed by atoms with Crippen molar-refractivity contribution in [3.8, 4) is 17.1 Å². The highest BCUT2D eigenvalue weighted by atomic mass is 19.4. The van der Waals surface area contributed by atoms with E-state index in [0.717, 1.165) is 19.4 Å². The molecule has 0 unspecified atom stereocenters. The van der Waals surface area contributed by atoms with Crippen molar-refractivity contribution in [2.45, 2.75) is 26.1 Å². The van der Waals surface area contributed by atoms with Gasteiger partial charge in [-0.15, -0.1) is 0 Å². The standard InChI is InChI=1S/C16H16F4N2O3/c1-8(2)22-7-12(16(18,19)20)21-14(22)13-10(17)5-9(15(23)25-4)6-11(13)24-3/h5-8H,1-4H3. The first kappa shape index (κ1) is 18.8. The fraction of sp³-hybridized carbons (Fsp3) is 0.375. The van der Waals surface area contributed by atoms with E-state index in [0.29, 0.717) is 0 Å². The van der Waals surface area contributed by atoms with Crippen LogP contribution in [-0.2, 0) is 10.9 Å². The first-order valence-electron chi connectivity index (χ1n) is 7.22. The Balaban J connectivity index is 2.73. The van der Waals surface area contributed by atoms with Gasteiger partial charge < -0.3 is 14.0 Å². The van der Waals surface area contributed by atoms with Gasteiger partial charge in [-0.3, -0.25) is 0 Å². The molecule has 0 radical (unpaired) electrons. The van der Waals surface area contributed by atoms with E-state index < -0.39 is 29.7 Å². The van der Waals surface area contributed by atoms with E-state index in [9.17, 15) is 22.4 Å². The molecule has 25 heavy (non-hydrogen) atoms. The number of carbonyl (C=O) groups excluding carboxylic acids is 1. The summed E-state index contributed by atoms with van der Waals surface area (Å²) in [4.78, 5) is 15.1. The molecule has 0 aliphatic carbocycles. The molecule has 0 atom stereocenters. The number of imidazole rings is 1. The van der Waals surface area contributed by atoms with Crippen LogP contribution in [0.5, 0.6) is 5.75 Å². The Bertz CT molecular complexity index is 797. The fourth-order valence-electron chi connectivity index (χ4n) is 2.30. The van der Waals surface area contributed by atoms with Gasteiger partial charge in [0.2, 0.25) is 0 Å². The number of hydrogen-bond donors (Lipinski definition) is 0. The maximum absolute atomic E-state index is 14.6. The molecule has 5 nitrogen and oxygen atoms in total. The van der Waals surface area contributed by atoms with Crippen molar-refractivity contribution >= 4 is 5.97 Å². The minimum atomic E-state index is -4.68. The molecule has 0 spiro atoms. The lowest BCUT2D eigenvalue weighted by Crippen LogP contribution is -2.07. The first-order valence-corrected chi connectivity index (χ1v) is 7.22. The molecule has 1 aromatic heterocycles. The molecular weight excluding hydrogens is 344 g/mol. The number of hydrogen-bond acceptors (Lipinski definition) is 4. The van der Waals surface area contributed by atoms with Gasteiger partial charge in [-0.05, 0) is 26.0 Å². The summed E-state index contributed by atoms with van der Waals surface area (Å²) in [6.45, 7) is 3.27. The third kappa shape index (κ3) is 3.59. The van der Waals surface area contributed by atoms with E-state index >= 15 is 0 Å². The third-order valence-electron chi connectivity index (χ3n) is 3.50. The van der Waals surface area contributed by atoms with E-state index in [1.165, 1.54) is 17.7 Å². The largest absolute Gasteiger partial charge is 0.496 e. The van der Waals surface area contributed by atoms with Crippen molar-refractivity contribution in [1.82, 2.24) is 9.55 Å². The number of esters is 1. The Hall–Kier alpha value is -2.58. The number of ether oxygens (including phenoxy) is 2. The molecule has 136 valence electrons. The predicted octanol–water partition coefficient (Wildman–Crippen LogP) is 4.08. The van der Waals surface area contributed by atoms with Crippen molar-refractivity contribution in [1.29, 1.82) is 0 Å². The Kier molecular flexibility index (Phi) is 5.05. The van der Waals surface area contributed by atoms with Gasteiger partial charge in [0.15, 0.2) is 5.69 Å². The Morgan fingerprint density at radius 3 is 2.36 bits per heavy atom. The molecule has 0 saturated heterocycles. The van der Waals surface area contributed by atoms with Gasteiger partial charge in [0, 0.05) is 12.2 Å². The summed E-state index contributed by atoms with van der Waals surface area (Å²) >= 11 is 0. The molecule has 1 heterocycles. The molecule has 0 aliphatic heterocycles. The molecule has 1 aromatic carbocycles. The Morgan fingerprint density at radius 2 is 1.88 bits per heavy atom. The van der Waals surface area contributed by atoms with Gasteiger partial charge in [-0.25, -0.2) is 14.2 Å². The summed E-state index contributed by atoms with van der Waals surface area (Å²) in [5.41, 5.74) is -1.53. The van der Waals surface area contributed by atoms with E-state index in [4.69, 9.17) is 4.74 Å². The molecule has 0 fully saturated rings. The van der Waals surface area contributed by atoms with E-state index in [1.807, 2.05) is 0 Å². The predicted molar refractivity (Wildman–Crippen MR) is 80.9 cm³/mol. The van der Waals surface area contributed by atoms with Crippen LogP contribution < -0.4 is 4.74 Å². The average molecular weight is 360 g/mol. The van der Waals surface area contributed by atoms with Crippen molar-refractivity contribution in [3.05, 3.63) is 35.4 Å². The number of aromatic nitrogens is 2. The highest BCUT2D eigenvalue weighted by Gasteiger charge is 2.36. The van der Waals surface area contributed by atoms with Crippen LogP contribution in [0.4, 0.5) is 17.6 Å². The van der Waals surface area contributed by atoms with Crippen molar-refractivity contribution in [2.75, 3.05) is 14.2 Å². The number of carbonyl (C=O) groups is 1. The van der Waals surface area contributed by atoms with E-state index in [2.05, 4.69) is 9.72 Å². The van der Waals surface area contributed by atoms with Crippen LogP contribution in [0.25, 0.3) is 11.4 Å².